The molecule has 0 saturated heterocycles. The summed E-state index contributed by atoms with van der Waals surface area (Å²) in [6.07, 6.45) is 7.83. The monoisotopic (exact) mass is 778 g/mol. The van der Waals surface area contributed by atoms with Gasteiger partial charge in [-0.2, -0.15) is 5.26 Å². The molecule has 0 saturated carbocycles. The average molecular weight is 779 g/mol. The molecule has 0 radical (unpaired) electrons. The Morgan fingerprint density at radius 1 is 0.450 bits per heavy atom. The lowest BCUT2D eigenvalue weighted by atomic mass is 9.87. The van der Waals surface area contributed by atoms with Gasteiger partial charge in [0.05, 0.1) is 18.2 Å². The summed E-state index contributed by atoms with van der Waals surface area (Å²) >= 11 is 0. The van der Waals surface area contributed by atoms with Crippen LogP contribution in [-0.2, 0) is 10.8 Å². The predicted molar refractivity (Wildman–Crippen MR) is 255 cm³/mol. The Bertz CT molecular complexity index is 2490. The van der Waals surface area contributed by atoms with E-state index < -0.39 is 0 Å². The topological polar surface area (TPSA) is 34.6 Å². The number of rotatable bonds is 10. The zero-order valence-electron chi connectivity index (χ0n) is 35.3. The highest BCUT2D eigenvalue weighted by Gasteiger charge is 2.18. The molecule has 0 aliphatic heterocycles. The van der Waals surface area contributed by atoms with Gasteiger partial charge in [-0.15, -0.1) is 0 Å². The maximum absolute atomic E-state index is 10.2. The first kappa shape index (κ1) is 40.8. The van der Waals surface area contributed by atoms with E-state index in [1.165, 1.54) is 11.1 Å². The van der Waals surface area contributed by atoms with Gasteiger partial charge in [-0.05, 0) is 129 Å². The van der Waals surface area contributed by atoms with Crippen LogP contribution < -0.4 is 9.80 Å². The molecule has 0 amide bonds. The Morgan fingerprint density at radius 3 is 1.15 bits per heavy atom. The lowest BCUT2D eigenvalue weighted by Gasteiger charge is -2.27. The van der Waals surface area contributed by atoms with Crippen LogP contribution in [0.4, 0.5) is 39.8 Å². The van der Waals surface area contributed by atoms with Crippen LogP contribution in [0.3, 0.4) is 0 Å². The van der Waals surface area contributed by atoms with Gasteiger partial charge in [-0.3, -0.25) is 0 Å². The van der Waals surface area contributed by atoms with E-state index >= 15 is 0 Å². The standard InChI is InChI=1S/C56H50N4/c1-55(2,3)46-26-34-52(35-27-46)59(48-14-10-8-11-15-48)50-30-20-41(21-31-50)18-24-43-39-54(58-7)44(38-45(43)40-57)25-19-42-22-32-51(33-23-42)60(49-16-12-9-13-17-49)53-36-28-47(29-37-53)56(4,5)6/h8-39H,1-6H3/b24-18-,25-19-. The highest BCUT2D eigenvalue weighted by Crippen LogP contribution is 2.38. The van der Waals surface area contributed by atoms with E-state index in [1.54, 1.807) is 6.07 Å². The summed E-state index contributed by atoms with van der Waals surface area (Å²) in [6.45, 7) is 21.4. The summed E-state index contributed by atoms with van der Waals surface area (Å²) in [7, 11) is 0. The van der Waals surface area contributed by atoms with Crippen molar-refractivity contribution in [2.45, 2.75) is 52.4 Å². The Labute approximate surface area is 356 Å². The van der Waals surface area contributed by atoms with Gasteiger partial charge in [0.2, 0.25) is 0 Å². The maximum atomic E-state index is 10.2. The molecule has 7 aromatic rings. The summed E-state index contributed by atoms with van der Waals surface area (Å²) in [5, 5.41) is 10.2. The van der Waals surface area contributed by atoms with Gasteiger partial charge in [0, 0.05) is 34.1 Å². The molecule has 0 bridgehead atoms. The Hall–Kier alpha value is -7.40. The molecule has 4 heteroatoms. The molecule has 0 heterocycles. The summed E-state index contributed by atoms with van der Waals surface area (Å²) < 4.78 is 0. The molecule has 0 aliphatic carbocycles. The van der Waals surface area contributed by atoms with Gasteiger partial charge in [0.15, 0.2) is 5.69 Å². The summed E-state index contributed by atoms with van der Waals surface area (Å²) in [5.41, 5.74) is 13.5. The highest BCUT2D eigenvalue weighted by molar-refractivity contribution is 5.84. The van der Waals surface area contributed by atoms with Crippen LogP contribution >= 0.6 is 0 Å². The summed E-state index contributed by atoms with van der Waals surface area (Å²) in [5.74, 6) is 0. The first-order valence-electron chi connectivity index (χ1n) is 20.3. The van der Waals surface area contributed by atoms with E-state index in [9.17, 15) is 5.26 Å². The van der Waals surface area contributed by atoms with E-state index in [1.807, 2.05) is 42.5 Å². The molecule has 7 aromatic carbocycles. The minimum atomic E-state index is 0.0718. The van der Waals surface area contributed by atoms with Crippen LogP contribution in [0.1, 0.15) is 80.5 Å². The molecule has 0 aromatic heterocycles. The lowest BCUT2D eigenvalue weighted by molar-refractivity contribution is 0.590. The van der Waals surface area contributed by atoms with Crippen molar-refractivity contribution in [1.29, 1.82) is 5.26 Å². The number of nitriles is 1. The number of hydrogen-bond acceptors (Lipinski definition) is 3. The molecule has 60 heavy (non-hydrogen) atoms. The predicted octanol–water partition coefficient (Wildman–Crippen LogP) is 16.0. The first-order valence-corrected chi connectivity index (χ1v) is 20.3. The number of nitrogens with zero attached hydrogens (tertiary/aromatic N) is 4. The quantitative estimate of drug-likeness (QED) is 0.102. The number of benzene rings is 7. The second-order valence-electron chi connectivity index (χ2n) is 17.0. The molecule has 294 valence electrons. The van der Waals surface area contributed by atoms with Crippen molar-refractivity contribution in [3.63, 3.8) is 0 Å². The van der Waals surface area contributed by atoms with E-state index in [0.29, 0.717) is 22.4 Å². The second kappa shape index (κ2) is 17.6. The minimum absolute atomic E-state index is 0.0718. The van der Waals surface area contributed by atoms with Crippen LogP contribution in [-0.4, -0.2) is 0 Å². The van der Waals surface area contributed by atoms with Gasteiger partial charge in [0.25, 0.3) is 0 Å². The van der Waals surface area contributed by atoms with Gasteiger partial charge in [-0.1, -0.05) is 151 Å². The number of para-hydroxylation sites is 2. The molecule has 0 spiro atoms. The molecule has 0 atom stereocenters. The molecule has 0 unspecified atom stereocenters. The zero-order chi connectivity index (χ0) is 42.3. The fraction of sp³-hybridized carbons (Fsp3) is 0.143. The van der Waals surface area contributed by atoms with Crippen LogP contribution in [0.2, 0.25) is 0 Å². The van der Waals surface area contributed by atoms with Crippen LogP contribution in [0.25, 0.3) is 29.1 Å². The largest absolute Gasteiger partial charge is 0.311 e. The summed E-state index contributed by atoms with van der Waals surface area (Å²) in [6, 6.07) is 61.1. The first-order chi connectivity index (χ1) is 28.9. The van der Waals surface area contributed by atoms with Crippen LogP contribution in [0, 0.1) is 17.9 Å². The third-order valence-corrected chi connectivity index (χ3v) is 10.7. The third-order valence-electron chi connectivity index (χ3n) is 10.7. The molecule has 0 N–H and O–H groups in total. The molecule has 4 nitrogen and oxygen atoms in total. The van der Waals surface area contributed by atoms with Gasteiger partial charge in [-0.25, -0.2) is 4.85 Å². The van der Waals surface area contributed by atoms with E-state index in [2.05, 4.69) is 208 Å². The van der Waals surface area contributed by atoms with Crippen LogP contribution in [0.5, 0.6) is 0 Å². The van der Waals surface area contributed by atoms with Crippen molar-refractivity contribution in [3.05, 3.63) is 220 Å². The van der Waals surface area contributed by atoms with Crippen molar-refractivity contribution >= 4 is 64.1 Å². The molecule has 7 rings (SSSR count). The van der Waals surface area contributed by atoms with Gasteiger partial charge in [0.1, 0.15) is 0 Å². The smallest absolute Gasteiger partial charge is 0.194 e. The maximum Gasteiger partial charge on any atom is 0.194 e. The molecule has 0 fully saturated rings. The molecular formula is C56H50N4. The van der Waals surface area contributed by atoms with E-state index in [-0.39, 0.29) is 10.8 Å². The SMILES string of the molecule is [C-]#[N+]c1cc(/C=C\c2ccc(N(c3ccccc3)c3ccc(C(C)(C)C)cc3)cc2)c(C#N)cc1/C=C\c1ccc(N(c2ccccc2)c2ccc(C(C)(C)C)cc2)cc1. The van der Waals surface area contributed by atoms with Crippen molar-refractivity contribution in [2.75, 3.05) is 9.80 Å². The van der Waals surface area contributed by atoms with Gasteiger partial charge < -0.3 is 9.80 Å². The zero-order valence-corrected chi connectivity index (χ0v) is 35.3. The minimum Gasteiger partial charge on any atom is -0.311 e. The molecular weight excluding hydrogens is 729 g/mol. The number of hydrogen-bond donors (Lipinski definition) is 0. The Kier molecular flexibility index (Phi) is 12.0. The highest BCUT2D eigenvalue weighted by atomic mass is 15.1. The fourth-order valence-electron chi connectivity index (χ4n) is 7.20. The van der Waals surface area contributed by atoms with Crippen molar-refractivity contribution in [3.8, 4) is 6.07 Å². The molecule has 0 aliphatic rings. The van der Waals surface area contributed by atoms with Crippen molar-refractivity contribution < 1.29 is 0 Å². The second-order valence-corrected chi connectivity index (χ2v) is 17.0. The Balaban J connectivity index is 1.10. The number of anilines is 6. The lowest BCUT2D eigenvalue weighted by Crippen LogP contribution is -2.13. The van der Waals surface area contributed by atoms with Gasteiger partial charge >= 0.3 is 0 Å². The average Bonchev–Trinajstić information content (AvgIpc) is 3.26. The van der Waals surface area contributed by atoms with Crippen LogP contribution in [0.15, 0.2) is 170 Å². The normalized spacial score (nSPS) is 11.7. The van der Waals surface area contributed by atoms with E-state index in [0.717, 1.165) is 45.3 Å². The fourth-order valence-corrected chi connectivity index (χ4v) is 7.20. The Morgan fingerprint density at radius 2 is 0.800 bits per heavy atom. The van der Waals surface area contributed by atoms with Crippen molar-refractivity contribution in [1.82, 2.24) is 0 Å². The third kappa shape index (κ3) is 9.48. The van der Waals surface area contributed by atoms with E-state index in [4.69, 9.17) is 6.57 Å². The van der Waals surface area contributed by atoms with Crippen molar-refractivity contribution in [2.24, 2.45) is 0 Å². The summed E-state index contributed by atoms with van der Waals surface area (Å²) in [4.78, 5) is 8.36.